The molecule has 0 bridgehead atoms. The Kier molecular flexibility index (Phi) is 4.09. The average Bonchev–Trinajstić information content (AvgIpc) is 2.89. The van der Waals surface area contributed by atoms with Crippen LogP contribution in [0.4, 0.5) is 0 Å². The maximum absolute atomic E-state index is 4.45. The van der Waals surface area contributed by atoms with Crippen LogP contribution in [0.25, 0.3) is 0 Å². The number of thiazole rings is 1. The van der Waals surface area contributed by atoms with E-state index in [0.717, 1.165) is 18.0 Å². The van der Waals surface area contributed by atoms with Crippen molar-refractivity contribution in [3.8, 4) is 0 Å². The summed E-state index contributed by atoms with van der Waals surface area (Å²) in [4.78, 5) is 5.85. The van der Waals surface area contributed by atoms with Crippen molar-refractivity contribution in [2.45, 2.75) is 26.3 Å². The van der Waals surface area contributed by atoms with Gasteiger partial charge in [0.05, 0.1) is 10.7 Å². The first-order valence-corrected chi connectivity index (χ1v) is 7.19. The number of hydrogen-bond acceptors (Lipinski definition) is 4. The Morgan fingerprint density at radius 3 is 2.94 bits per heavy atom. The summed E-state index contributed by atoms with van der Waals surface area (Å²) in [5.74, 6) is 0. The Balaban J connectivity index is 1.76. The molecule has 0 saturated heterocycles. The maximum atomic E-state index is 4.45. The van der Waals surface area contributed by atoms with Gasteiger partial charge in [0.1, 0.15) is 0 Å². The Morgan fingerprint density at radius 2 is 2.31 bits per heavy atom. The highest BCUT2D eigenvalue weighted by Crippen LogP contribution is 2.18. The summed E-state index contributed by atoms with van der Waals surface area (Å²) >= 11 is 3.53. The molecule has 2 nitrogen and oxygen atoms in total. The summed E-state index contributed by atoms with van der Waals surface area (Å²) in [5, 5.41) is 8.94. The van der Waals surface area contributed by atoms with Crippen LogP contribution >= 0.6 is 22.7 Å². The fraction of sp³-hybridized carbons (Fsp3) is 0.417. The van der Waals surface area contributed by atoms with Gasteiger partial charge in [-0.1, -0.05) is 6.07 Å². The van der Waals surface area contributed by atoms with Gasteiger partial charge in [0.25, 0.3) is 0 Å². The van der Waals surface area contributed by atoms with Crippen LogP contribution in [-0.2, 0) is 6.42 Å². The zero-order valence-electron chi connectivity index (χ0n) is 9.56. The number of aryl methyl sites for hydroxylation is 1. The van der Waals surface area contributed by atoms with E-state index in [1.54, 1.807) is 22.7 Å². The van der Waals surface area contributed by atoms with Gasteiger partial charge in [0, 0.05) is 29.3 Å². The molecule has 1 atom stereocenters. The topological polar surface area (TPSA) is 24.9 Å². The standard InChI is InChI=1S/C12H16N2S2/c1-9(12-4-3-7-15-12)13-6-5-11-8-16-10(2)14-11/h3-4,7-9,13H,5-6H2,1-2H3. The third-order valence-corrected chi connectivity index (χ3v) is 4.35. The van der Waals surface area contributed by atoms with Crippen molar-refractivity contribution in [3.63, 3.8) is 0 Å². The number of thiophene rings is 1. The number of hydrogen-bond donors (Lipinski definition) is 1. The Bertz CT molecular complexity index is 420. The Labute approximate surface area is 104 Å². The van der Waals surface area contributed by atoms with Crippen molar-refractivity contribution in [3.05, 3.63) is 38.5 Å². The molecule has 0 aromatic carbocycles. The monoisotopic (exact) mass is 252 g/mol. The summed E-state index contributed by atoms with van der Waals surface area (Å²) in [7, 11) is 0. The van der Waals surface area contributed by atoms with Crippen LogP contribution in [-0.4, -0.2) is 11.5 Å². The van der Waals surface area contributed by atoms with Gasteiger partial charge in [-0.15, -0.1) is 22.7 Å². The maximum Gasteiger partial charge on any atom is 0.0897 e. The highest BCUT2D eigenvalue weighted by Gasteiger charge is 2.05. The van der Waals surface area contributed by atoms with E-state index in [-0.39, 0.29) is 0 Å². The molecule has 2 aromatic rings. The molecule has 0 aliphatic rings. The minimum absolute atomic E-state index is 0.444. The molecule has 2 aromatic heterocycles. The second kappa shape index (κ2) is 5.57. The van der Waals surface area contributed by atoms with Gasteiger partial charge >= 0.3 is 0 Å². The molecule has 2 heterocycles. The molecule has 0 radical (unpaired) electrons. The van der Waals surface area contributed by atoms with E-state index in [2.05, 4.69) is 47.0 Å². The third-order valence-electron chi connectivity index (χ3n) is 2.47. The first kappa shape index (κ1) is 11.8. The summed E-state index contributed by atoms with van der Waals surface area (Å²) in [5.41, 5.74) is 1.20. The lowest BCUT2D eigenvalue weighted by molar-refractivity contribution is 0.582. The minimum Gasteiger partial charge on any atom is -0.309 e. The van der Waals surface area contributed by atoms with Gasteiger partial charge in [-0.25, -0.2) is 4.98 Å². The van der Waals surface area contributed by atoms with E-state index in [0.29, 0.717) is 6.04 Å². The van der Waals surface area contributed by atoms with E-state index in [1.165, 1.54) is 10.6 Å². The number of nitrogens with one attached hydrogen (secondary N) is 1. The molecule has 0 spiro atoms. The molecule has 0 saturated carbocycles. The lowest BCUT2D eigenvalue weighted by atomic mass is 10.2. The van der Waals surface area contributed by atoms with Crippen LogP contribution in [0.2, 0.25) is 0 Å². The summed E-state index contributed by atoms with van der Waals surface area (Å²) in [6.07, 6.45) is 1.01. The largest absolute Gasteiger partial charge is 0.309 e. The zero-order valence-corrected chi connectivity index (χ0v) is 11.2. The smallest absolute Gasteiger partial charge is 0.0897 e. The minimum atomic E-state index is 0.444. The first-order chi connectivity index (χ1) is 7.75. The molecule has 1 unspecified atom stereocenters. The van der Waals surface area contributed by atoms with Crippen LogP contribution in [0.15, 0.2) is 22.9 Å². The second-order valence-corrected chi connectivity index (χ2v) is 5.84. The predicted molar refractivity (Wildman–Crippen MR) is 71.3 cm³/mol. The zero-order chi connectivity index (χ0) is 11.4. The van der Waals surface area contributed by atoms with Gasteiger partial charge in [-0.2, -0.15) is 0 Å². The molecule has 0 aliphatic heterocycles. The van der Waals surface area contributed by atoms with Gasteiger partial charge in [-0.3, -0.25) is 0 Å². The normalized spacial score (nSPS) is 12.9. The first-order valence-electron chi connectivity index (χ1n) is 5.43. The third kappa shape index (κ3) is 3.14. The van der Waals surface area contributed by atoms with Gasteiger partial charge < -0.3 is 5.32 Å². The Hall–Kier alpha value is -0.710. The van der Waals surface area contributed by atoms with Gasteiger partial charge in [-0.05, 0) is 25.3 Å². The van der Waals surface area contributed by atoms with Crippen molar-refractivity contribution < 1.29 is 0 Å². The highest BCUT2D eigenvalue weighted by atomic mass is 32.1. The molecule has 1 N–H and O–H groups in total. The second-order valence-electron chi connectivity index (χ2n) is 3.80. The molecule has 4 heteroatoms. The molecule has 0 fully saturated rings. The van der Waals surface area contributed by atoms with Crippen molar-refractivity contribution in [2.24, 2.45) is 0 Å². The van der Waals surface area contributed by atoms with E-state index >= 15 is 0 Å². The summed E-state index contributed by atoms with van der Waals surface area (Å²) in [6, 6.07) is 4.72. The molecule has 86 valence electrons. The van der Waals surface area contributed by atoms with Crippen LogP contribution in [0.3, 0.4) is 0 Å². The fourth-order valence-electron chi connectivity index (χ4n) is 1.58. The van der Waals surface area contributed by atoms with Crippen LogP contribution < -0.4 is 5.32 Å². The van der Waals surface area contributed by atoms with E-state index < -0.39 is 0 Å². The molecular weight excluding hydrogens is 236 g/mol. The molecule has 2 rings (SSSR count). The number of rotatable bonds is 5. The van der Waals surface area contributed by atoms with Crippen molar-refractivity contribution in [1.82, 2.24) is 10.3 Å². The highest BCUT2D eigenvalue weighted by molar-refractivity contribution is 7.10. The average molecular weight is 252 g/mol. The molecule has 16 heavy (non-hydrogen) atoms. The molecule has 0 aliphatic carbocycles. The van der Waals surface area contributed by atoms with Crippen molar-refractivity contribution >= 4 is 22.7 Å². The number of nitrogens with zero attached hydrogens (tertiary/aromatic N) is 1. The van der Waals surface area contributed by atoms with Gasteiger partial charge in [0.15, 0.2) is 0 Å². The van der Waals surface area contributed by atoms with Crippen molar-refractivity contribution in [1.29, 1.82) is 0 Å². The van der Waals surface area contributed by atoms with Crippen LogP contribution in [0, 0.1) is 6.92 Å². The van der Waals surface area contributed by atoms with Crippen LogP contribution in [0.5, 0.6) is 0 Å². The van der Waals surface area contributed by atoms with E-state index in [9.17, 15) is 0 Å². The summed E-state index contributed by atoms with van der Waals surface area (Å²) < 4.78 is 0. The van der Waals surface area contributed by atoms with Crippen LogP contribution in [0.1, 0.15) is 28.5 Å². The SMILES string of the molecule is Cc1nc(CCNC(C)c2cccs2)cs1. The summed E-state index contributed by atoms with van der Waals surface area (Å²) in [6.45, 7) is 5.25. The molecule has 0 amide bonds. The van der Waals surface area contributed by atoms with E-state index in [1.807, 2.05) is 0 Å². The Morgan fingerprint density at radius 1 is 1.44 bits per heavy atom. The molecular formula is C12H16N2S2. The fourth-order valence-corrected chi connectivity index (χ4v) is 2.98. The predicted octanol–water partition coefficient (Wildman–Crippen LogP) is 3.41. The van der Waals surface area contributed by atoms with Crippen molar-refractivity contribution in [2.75, 3.05) is 6.54 Å². The lowest BCUT2D eigenvalue weighted by Gasteiger charge is -2.10. The quantitative estimate of drug-likeness (QED) is 0.882. The van der Waals surface area contributed by atoms with E-state index in [4.69, 9.17) is 0 Å². The van der Waals surface area contributed by atoms with Gasteiger partial charge in [0.2, 0.25) is 0 Å². The number of aromatic nitrogens is 1. The lowest BCUT2D eigenvalue weighted by Crippen LogP contribution is -2.20.